The molecule has 2 aromatic rings. The molecule has 0 radical (unpaired) electrons. The molecule has 1 fully saturated rings. The Morgan fingerprint density at radius 2 is 1.90 bits per heavy atom. The summed E-state index contributed by atoms with van der Waals surface area (Å²) in [6, 6.07) is 7.55. The molecule has 1 saturated heterocycles. The van der Waals surface area contributed by atoms with E-state index >= 15 is 0 Å². The van der Waals surface area contributed by atoms with Crippen molar-refractivity contribution in [2.75, 3.05) is 19.0 Å². The molecule has 0 bridgehead atoms. The van der Waals surface area contributed by atoms with Gasteiger partial charge in [-0.15, -0.1) is 0 Å². The minimum atomic E-state index is -0.275. The Hall–Kier alpha value is -2.36. The monoisotopic (exact) mass is 520 g/mol. The molecule has 162 valence electrons. The zero-order valence-electron chi connectivity index (χ0n) is 17.4. The third-order valence-electron chi connectivity index (χ3n) is 4.48. The van der Waals surface area contributed by atoms with Crippen molar-refractivity contribution in [3.8, 4) is 11.5 Å². The maximum Gasteiger partial charge on any atom is 0.263 e. The molecule has 1 aliphatic rings. The Balaban J connectivity index is 1.75. The van der Waals surface area contributed by atoms with Crippen LogP contribution in [0.3, 0.4) is 0 Å². The van der Waals surface area contributed by atoms with Crippen molar-refractivity contribution >= 4 is 67.8 Å². The van der Waals surface area contributed by atoms with E-state index in [1.54, 1.807) is 18.2 Å². The molecular formula is C22H21BrN2O4S2. The van der Waals surface area contributed by atoms with Gasteiger partial charge in [-0.05, 0) is 71.6 Å². The largest absolute Gasteiger partial charge is 0.493 e. The highest BCUT2D eigenvalue weighted by atomic mass is 79.9. The zero-order valence-corrected chi connectivity index (χ0v) is 20.6. The number of rotatable bonds is 6. The minimum Gasteiger partial charge on any atom is -0.493 e. The number of hydrogen-bond donors (Lipinski definition) is 2. The summed E-state index contributed by atoms with van der Waals surface area (Å²) < 4.78 is 12.2. The average Bonchev–Trinajstić information content (AvgIpc) is 3.00. The summed E-state index contributed by atoms with van der Waals surface area (Å²) in [4.78, 5) is 24.9. The highest BCUT2D eigenvalue weighted by molar-refractivity contribution is 9.10. The van der Waals surface area contributed by atoms with Crippen molar-refractivity contribution < 1.29 is 19.1 Å². The lowest BCUT2D eigenvalue weighted by molar-refractivity contribution is -0.118. The van der Waals surface area contributed by atoms with Gasteiger partial charge in [-0.25, -0.2) is 0 Å². The standard InChI is InChI=1S/C22H21BrN2O4S2/c1-11-5-12(2)19(13(3)6-11)24-18(26)10-29-20-15(23)7-14(8-16(20)28-4)9-17-21(27)25-22(30)31-17/h5-9H,10H2,1-4H3,(H,24,26)(H,25,27,30)/b17-9-. The molecule has 2 N–H and O–H groups in total. The normalized spacial score (nSPS) is 14.5. The predicted octanol–water partition coefficient (Wildman–Crippen LogP) is 4.89. The van der Waals surface area contributed by atoms with Gasteiger partial charge in [0.15, 0.2) is 18.1 Å². The fourth-order valence-corrected chi connectivity index (χ4v) is 4.84. The number of amides is 2. The number of carbonyl (C=O) groups excluding carboxylic acids is 2. The SMILES string of the molecule is COc1cc(/C=C2\SC(=S)NC2=O)cc(Br)c1OCC(=O)Nc1c(C)cc(C)cc1C. The molecule has 31 heavy (non-hydrogen) atoms. The molecular weight excluding hydrogens is 500 g/mol. The Bertz CT molecular complexity index is 1090. The number of carbonyl (C=O) groups is 2. The maximum atomic E-state index is 12.5. The summed E-state index contributed by atoms with van der Waals surface area (Å²) in [6.07, 6.45) is 1.71. The van der Waals surface area contributed by atoms with Crippen molar-refractivity contribution in [1.29, 1.82) is 0 Å². The van der Waals surface area contributed by atoms with Crippen molar-refractivity contribution in [3.05, 3.63) is 55.9 Å². The van der Waals surface area contributed by atoms with Crippen LogP contribution in [0.25, 0.3) is 6.08 Å². The van der Waals surface area contributed by atoms with Crippen LogP contribution in [-0.2, 0) is 9.59 Å². The molecule has 0 aromatic heterocycles. The number of aryl methyl sites for hydroxylation is 3. The van der Waals surface area contributed by atoms with E-state index in [0.717, 1.165) is 27.9 Å². The Labute approximate surface area is 198 Å². The van der Waals surface area contributed by atoms with E-state index in [2.05, 4.69) is 26.6 Å². The van der Waals surface area contributed by atoms with Crippen LogP contribution in [0.5, 0.6) is 11.5 Å². The molecule has 9 heteroatoms. The first-order valence-corrected chi connectivity index (χ1v) is 11.3. The van der Waals surface area contributed by atoms with Gasteiger partial charge in [0.2, 0.25) is 0 Å². The first-order valence-electron chi connectivity index (χ1n) is 9.31. The molecule has 1 heterocycles. The van der Waals surface area contributed by atoms with Gasteiger partial charge >= 0.3 is 0 Å². The summed E-state index contributed by atoms with van der Waals surface area (Å²) in [5.74, 6) is 0.324. The van der Waals surface area contributed by atoms with Gasteiger partial charge in [0.1, 0.15) is 4.32 Å². The van der Waals surface area contributed by atoms with Crippen molar-refractivity contribution in [3.63, 3.8) is 0 Å². The Morgan fingerprint density at radius 1 is 1.23 bits per heavy atom. The van der Waals surface area contributed by atoms with Gasteiger partial charge in [0.25, 0.3) is 11.8 Å². The predicted molar refractivity (Wildman–Crippen MR) is 132 cm³/mol. The molecule has 0 atom stereocenters. The quantitative estimate of drug-likeness (QED) is 0.417. The van der Waals surface area contributed by atoms with E-state index in [9.17, 15) is 9.59 Å². The number of anilines is 1. The van der Waals surface area contributed by atoms with E-state index in [1.807, 2.05) is 32.9 Å². The first-order chi connectivity index (χ1) is 14.7. The lowest BCUT2D eigenvalue weighted by atomic mass is 10.1. The molecule has 0 spiro atoms. The Morgan fingerprint density at radius 3 is 2.48 bits per heavy atom. The molecule has 2 amide bonds. The van der Waals surface area contributed by atoms with E-state index in [-0.39, 0.29) is 18.4 Å². The van der Waals surface area contributed by atoms with Crippen molar-refractivity contribution in [2.45, 2.75) is 20.8 Å². The molecule has 0 saturated carbocycles. The van der Waals surface area contributed by atoms with Crippen LogP contribution in [0.15, 0.2) is 33.6 Å². The summed E-state index contributed by atoms with van der Waals surface area (Å²) in [7, 11) is 1.51. The van der Waals surface area contributed by atoms with Gasteiger partial charge < -0.3 is 20.1 Å². The number of hydrogen-bond acceptors (Lipinski definition) is 6. The topological polar surface area (TPSA) is 76.7 Å². The van der Waals surface area contributed by atoms with Gasteiger partial charge in [-0.1, -0.05) is 41.7 Å². The fourth-order valence-electron chi connectivity index (χ4n) is 3.23. The zero-order chi connectivity index (χ0) is 22.7. The number of methoxy groups -OCH3 is 1. The molecule has 2 aromatic carbocycles. The summed E-state index contributed by atoms with van der Waals surface area (Å²) in [5, 5.41) is 5.49. The van der Waals surface area contributed by atoms with Gasteiger partial charge in [0, 0.05) is 5.69 Å². The maximum absolute atomic E-state index is 12.5. The highest BCUT2D eigenvalue weighted by Crippen LogP contribution is 2.38. The van der Waals surface area contributed by atoms with Gasteiger partial charge in [-0.3, -0.25) is 9.59 Å². The van der Waals surface area contributed by atoms with Crippen LogP contribution in [0.4, 0.5) is 5.69 Å². The number of halogens is 1. The number of benzene rings is 2. The van der Waals surface area contributed by atoms with E-state index in [1.165, 1.54) is 18.9 Å². The number of ether oxygens (including phenoxy) is 2. The van der Waals surface area contributed by atoms with Crippen LogP contribution in [-0.4, -0.2) is 29.9 Å². The number of thiocarbonyl (C=S) groups is 1. The molecule has 0 unspecified atom stereocenters. The number of nitrogens with one attached hydrogen (secondary N) is 2. The second-order valence-corrected chi connectivity index (χ2v) is 9.57. The van der Waals surface area contributed by atoms with Crippen LogP contribution in [0.2, 0.25) is 0 Å². The molecule has 3 rings (SSSR count). The van der Waals surface area contributed by atoms with Gasteiger partial charge in [-0.2, -0.15) is 0 Å². The minimum absolute atomic E-state index is 0.186. The number of thioether (sulfide) groups is 1. The third-order valence-corrected chi connectivity index (χ3v) is 6.23. The van der Waals surface area contributed by atoms with E-state index < -0.39 is 0 Å². The van der Waals surface area contributed by atoms with E-state index in [4.69, 9.17) is 21.7 Å². The summed E-state index contributed by atoms with van der Waals surface area (Å²) >= 11 is 9.68. The fraction of sp³-hybridized carbons (Fsp3) is 0.227. The first kappa shape index (κ1) is 23.3. The van der Waals surface area contributed by atoms with Gasteiger partial charge in [0.05, 0.1) is 16.5 Å². The van der Waals surface area contributed by atoms with Crippen LogP contribution in [0.1, 0.15) is 22.3 Å². The molecule has 0 aliphatic carbocycles. The molecule has 6 nitrogen and oxygen atoms in total. The molecule has 1 aliphatic heterocycles. The Kier molecular flexibility index (Phi) is 7.40. The lowest BCUT2D eigenvalue weighted by Crippen LogP contribution is -2.21. The second-order valence-electron chi connectivity index (χ2n) is 7.00. The summed E-state index contributed by atoms with van der Waals surface area (Å²) in [5.41, 5.74) is 4.65. The average molecular weight is 521 g/mol. The smallest absolute Gasteiger partial charge is 0.263 e. The van der Waals surface area contributed by atoms with Crippen molar-refractivity contribution in [1.82, 2.24) is 5.32 Å². The van der Waals surface area contributed by atoms with Crippen LogP contribution >= 0.6 is 39.9 Å². The van der Waals surface area contributed by atoms with Crippen LogP contribution < -0.4 is 20.1 Å². The summed E-state index contributed by atoms with van der Waals surface area (Å²) in [6.45, 7) is 5.75. The van der Waals surface area contributed by atoms with Crippen molar-refractivity contribution in [2.24, 2.45) is 0 Å². The van der Waals surface area contributed by atoms with Crippen LogP contribution in [0, 0.1) is 20.8 Å². The third kappa shape index (κ3) is 5.66. The van der Waals surface area contributed by atoms with E-state index in [0.29, 0.717) is 25.2 Å². The second kappa shape index (κ2) is 9.84. The highest BCUT2D eigenvalue weighted by Gasteiger charge is 2.22. The lowest BCUT2D eigenvalue weighted by Gasteiger charge is -2.15.